The molecule has 0 radical (unpaired) electrons. The molecule has 1 aromatic rings. The molecule has 1 unspecified atom stereocenters. The summed E-state index contributed by atoms with van der Waals surface area (Å²) in [6.07, 6.45) is 12.6. The molecule has 1 aliphatic carbocycles. The third kappa shape index (κ3) is 3.54. The van der Waals surface area contributed by atoms with Crippen molar-refractivity contribution in [1.29, 1.82) is 0 Å². The van der Waals surface area contributed by atoms with Gasteiger partial charge in [-0.2, -0.15) is 11.8 Å². The van der Waals surface area contributed by atoms with E-state index in [2.05, 4.69) is 29.7 Å². The summed E-state index contributed by atoms with van der Waals surface area (Å²) in [5.41, 5.74) is 7.54. The lowest BCUT2D eigenvalue weighted by atomic mass is 10.0. The molecule has 4 heteroatoms. The number of rotatable bonds is 6. The Morgan fingerprint density at radius 2 is 2.11 bits per heavy atom. The lowest BCUT2D eigenvalue weighted by molar-refractivity contribution is 0.451. The van der Waals surface area contributed by atoms with Gasteiger partial charge in [0.2, 0.25) is 0 Å². The molecule has 1 atom stereocenters. The van der Waals surface area contributed by atoms with Crippen LogP contribution in [-0.2, 0) is 6.54 Å². The molecule has 108 valence electrons. The van der Waals surface area contributed by atoms with Gasteiger partial charge in [0.15, 0.2) is 0 Å². The van der Waals surface area contributed by atoms with Gasteiger partial charge in [-0.25, -0.2) is 4.98 Å². The Hall–Kier alpha value is -0.480. The zero-order chi connectivity index (χ0) is 13.9. The van der Waals surface area contributed by atoms with Crippen LogP contribution in [0.1, 0.15) is 57.7 Å². The van der Waals surface area contributed by atoms with Crippen LogP contribution in [0.4, 0.5) is 0 Å². The average molecular weight is 281 g/mol. The van der Waals surface area contributed by atoms with E-state index in [1.165, 1.54) is 31.4 Å². The first kappa shape index (κ1) is 14.9. The first-order valence-corrected chi connectivity index (χ1v) is 8.59. The highest BCUT2D eigenvalue weighted by Gasteiger charge is 2.34. The van der Waals surface area contributed by atoms with Crippen LogP contribution in [0.15, 0.2) is 12.5 Å². The van der Waals surface area contributed by atoms with Gasteiger partial charge in [0, 0.05) is 23.5 Å². The quantitative estimate of drug-likeness (QED) is 0.866. The van der Waals surface area contributed by atoms with Gasteiger partial charge in [0.05, 0.1) is 12.0 Å². The third-order valence-electron chi connectivity index (χ3n) is 4.26. The highest BCUT2D eigenvalue weighted by Crippen LogP contribution is 2.41. The van der Waals surface area contributed by atoms with Gasteiger partial charge in [-0.15, -0.1) is 0 Å². The molecule has 0 saturated heterocycles. The standard InChI is InChI=1S/C15H27N3S/c1-12(2)8-13(16)14-9-17-11-18(14)10-15(19-3)6-4-5-7-15/h9,11-13H,4-8,10,16H2,1-3H3. The number of nitrogens with two attached hydrogens (primary N) is 1. The Morgan fingerprint density at radius 1 is 1.42 bits per heavy atom. The van der Waals surface area contributed by atoms with E-state index >= 15 is 0 Å². The van der Waals surface area contributed by atoms with Crippen LogP contribution >= 0.6 is 11.8 Å². The molecular weight excluding hydrogens is 254 g/mol. The number of hydrogen-bond donors (Lipinski definition) is 1. The molecule has 0 amide bonds. The molecular formula is C15H27N3S. The molecule has 0 bridgehead atoms. The van der Waals surface area contributed by atoms with E-state index in [0.29, 0.717) is 10.7 Å². The van der Waals surface area contributed by atoms with Crippen molar-refractivity contribution in [3.8, 4) is 0 Å². The number of hydrogen-bond acceptors (Lipinski definition) is 3. The van der Waals surface area contributed by atoms with E-state index in [0.717, 1.165) is 13.0 Å². The predicted molar refractivity (Wildman–Crippen MR) is 83.3 cm³/mol. The van der Waals surface area contributed by atoms with Crippen molar-refractivity contribution in [1.82, 2.24) is 9.55 Å². The first-order valence-electron chi connectivity index (χ1n) is 7.37. The lowest BCUT2D eigenvalue weighted by Crippen LogP contribution is -2.29. The van der Waals surface area contributed by atoms with Crippen molar-refractivity contribution in [3.63, 3.8) is 0 Å². The summed E-state index contributed by atoms with van der Waals surface area (Å²) >= 11 is 2.02. The minimum atomic E-state index is 0.114. The van der Waals surface area contributed by atoms with Gasteiger partial charge in [-0.1, -0.05) is 26.7 Å². The lowest BCUT2D eigenvalue weighted by Gasteiger charge is -2.29. The van der Waals surface area contributed by atoms with Gasteiger partial charge in [0.25, 0.3) is 0 Å². The first-order chi connectivity index (χ1) is 9.06. The maximum atomic E-state index is 6.33. The maximum absolute atomic E-state index is 6.33. The fraction of sp³-hybridized carbons (Fsp3) is 0.800. The van der Waals surface area contributed by atoms with E-state index in [1.807, 2.05) is 24.3 Å². The summed E-state index contributed by atoms with van der Waals surface area (Å²) in [5, 5.41) is 0. The molecule has 1 aliphatic rings. The Labute approximate surface area is 121 Å². The number of thioether (sulfide) groups is 1. The Morgan fingerprint density at radius 3 is 2.68 bits per heavy atom. The predicted octanol–water partition coefficient (Wildman–Crippen LogP) is 3.60. The fourth-order valence-electron chi connectivity index (χ4n) is 3.16. The van der Waals surface area contributed by atoms with Crippen LogP contribution in [0, 0.1) is 5.92 Å². The molecule has 2 rings (SSSR count). The second-order valence-corrected chi connectivity index (χ2v) is 7.55. The highest BCUT2D eigenvalue weighted by molar-refractivity contribution is 8.00. The van der Waals surface area contributed by atoms with Crippen LogP contribution in [0.5, 0.6) is 0 Å². The summed E-state index contributed by atoms with van der Waals surface area (Å²) in [5.74, 6) is 0.624. The van der Waals surface area contributed by atoms with Gasteiger partial charge in [0.1, 0.15) is 0 Å². The van der Waals surface area contributed by atoms with Crippen molar-refractivity contribution in [2.45, 2.75) is 63.3 Å². The minimum Gasteiger partial charge on any atom is -0.332 e. The Kier molecular flexibility index (Phi) is 4.96. The molecule has 2 N–H and O–H groups in total. The van der Waals surface area contributed by atoms with Crippen LogP contribution in [0.2, 0.25) is 0 Å². The van der Waals surface area contributed by atoms with Crippen LogP contribution in [0.3, 0.4) is 0 Å². The van der Waals surface area contributed by atoms with Crippen LogP contribution in [-0.4, -0.2) is 20.6 Å². The monoisotopic (exact) mass is 281 g/mol. The van der Waals surface area contributed by atoms with Crippen molar-refractivity contribution in [2.24, 2.45) is 11.7 Å². The summed E-state index contributed by atoms with van der Waals surface area (Å²) in [7, 11) is 0. The van der Waals surface area contributed by atoms with Crippen molar-refractivity contribution in [2.75, 3.05) is 6.26 Å². The van der Waals surface area contributed by atoms with Crippen LogP contribution in [0.25, 0.3) is 0 Å². The highest BCUT2D eigenvalue weighted by atomic mass is 32.2. The number of nitrogens with zero attached hydrogens (tertiary/aromatic N) is 2. The Balaban J connectivity index is 2.10. The second kappa shape index (κ2) is 6.31. The van der Waals surface area contributed by atoms with E-state index in [4.69, 9.17) is 5.73 Å². The zero-order valence-corrected chi connectivity index (χ0v) is 13.2. The van der Waals surface area contributed by atoms with Crippen molar-refractivity contribution < 1.29 is 0 Å². The largest absolute Gasteiger partial charge is 0.332 e. The van der Waals surface area contributed by atoms with E-state index in [9.17, 15) is 0 Å². The maximum Gasteiger partial charge on any atom is 0.0949 e. The normalized spacial score (nSPS) is 20.1. The number of imidazole rings is 1. The second-order valence-electron chi connectivity index (χ2n) is 6.28. The fourth-order valence-corrected chi connectivity index (χ4v) is 4.12. The van der Waals surface area contributed by atoms with E-state index in [-0.39, 0.29) is 6.04 Å². The van der Waals surface area contributed by atoms with E-state index in [1.54, 1.807) is 0 Å². The molecule has 1 aromatic heterocycles. The van der Waals surface area contributed by atoms with E-state index < -0.39 is 0 Å². The molecule has 0 aromatic carbocycles. The van der Waals surface area contributed by atoms with Crippen LogP contribution < -0.4 is 5.73 Å². The topological polar surface area (TPSA) is 43.8 Å². The summed E-state index contributed by atoms with van der Waals surface area (Å²) in [6.45, 7) is 5.51. The molecule has 0 spiro atoms. The van der Waals surface area contributed by atoms with Crippen molar-refractivity contribution >= 4 is 11.8 Å². The smallest absolute Gasteiger partial charge is 0.0949 e. The summed E-state index contributed by atoms with van der Waals surface area (Å²) in [4.78, 5) is 4.33. The molecule has 1 fully saturated rings. The van der Waals surface area contributed by atoms with Crippen molar-refractivity contribution in [3.05, 3.63) is 18.2 Å². The molecule has 3 nitrogen and oxygen atoms in total. The summed E-state index contributed by atoms with van der Waals surface area (Å²) < 4.78 is 2.71. The molecule has 1 saturated carbocycles. The average Bonchev–Trinajstić information content (AvgIpc) is 2.98. The van der Waals surface area contributed by atoms with Gasteiger partial charge >= 0.3 is 0 Å². The summed E-state index contributed by atoms with van der Waals surface area (Å²) in [6, 6.07) is 0.114. The van der Waals surface area contributed by atoms with Gasteiger partial charge in [-0.3, -0.25) is 0 Å². The molecule has 19 heavy (non-hydrogen) atoms. The minimum absolute atomic E-state index is 0.114. The SMILES string of the molecule is CSC1(Cn2cncc2C(N)CC(C)C)CCCC1. The number of aromatic nitrogens is 2. The molecule has 0 aliphatic heterocycles. The third-order valence-corrected chi connectivity index (χ3v) is 5.66. The molecule has 1 heterocycles. The van der Waals surface area contributed by atoms with Gasteiger partial charge < -0.3 is 10.3 Å². The zero-order valence-electron chi connectivity index (χ0n) is 12.4. The Bertz CT molecular complexity index is 394. The van der Waals surface area contributed by atoms with Gasteiger partial charge in [-0.05, 0) is 31.4 Å².